The minimum absolute atomic E-state index is 0.0964. The lowest BCUT2D eigenvalue weighted by Crippen LogP contribution is -2.57. The van der Waals surface area contributed by atoms with Crippen LogP contribution in [0.1, 0.15) is 80.3 Å². The van der Waals surface area contributed by atoms with Gasteiger partial charge in [0.05, 0.1) is 17.5 Å². The maximum atomic E-state index is 13.6. The molecule has 292 valence electrons. The van der Waals surface area contributed by atoms with Crippen molar-refractivity contribution < 1.29 is 18.5 Å². The number of hydrogen-bond acceptors (Lipinski definition) is 8. The molecule has 9 nitrogen and oxygen atoms in total. The fourth-order valence-corrected chi connectivity index (χ4v) is 10.0. The molecule has 1 aliphatic carbocycles. The third kappa shape index (κ3) is 9.68. The van der Waals surface area contributed by atoms with Crippen LogP contribution >= 0.6 is 11.6 Å². The number of methoxy groups -OCH3 is 1. The van der Waals surface area contributed by atoms with Crippen LogP contribution in [0.5, 0.6) is 5.75 Å². The predicted octanol–water partition coefficient (Wildman–Crippen LogP) is 6.29. The van der Waals surface area contributed by atoms with Gasteiger partial charge in [-0.2, -0.15) is 0 Å². The lowest BCUT2D eigenvalue weighted by molar-refractivity contribution is -0.0916. The Morgan fingerprint density at radius 2 is 1.89 bits per heavy atom. The van der Waals surface area contributed by atoms with E-state index in [1.165, 1.54) is 11.1 Å². The summed E-state index contributed by atoms with van der Waals surface area (Å²) in [5.74, 6) is 1.36. The van der Waals surface area contributed by atoms with Crippen molar-refractivity contribution in [2.45, 2.75) is 76.1 Å². The number of fused-ring (bicyclic) bond motifs is 2. The maximum absolute atomic E-state index is 13.6. The molecule has 1 saturated carbocycles. The fraction of sp³-hybridized carbons (Fsp3) is 0.643. The Labute approximate surface area is 325 Å². The highest BCUT2D eigenvalue weighted by atomic mass is 35.5. The Bertz CT molecular complexity index is 1610. The number of allylic oxidation sites excluding steroid dienone is 1. The van der Waals surface area contributed by atoms with Crippen LogP contribution in [-0.2, 0) is 22.1 Å². The quantitative estimate of drug-likeness (QED) is 0.332. The third-order valence-corrected chi connectivity index (χ3v) is 14.1. The molecule has 1 saturated heterocycles. The zero-order chi connectivity index (χ0) is 37.5. The zero-order valence-corrected chi connectivity index (χ0v) is 34.2. The Kier molecular flexibility index (Phi) is 14.0. The number of halogens is 1. The van der Waals surface area contributed by atoms with Gasteiger partial charge in [-0.25, -0.2) is 4.21 Å². The number of aryl methyl sites for hydroxylation is 1. The number of likely N-dealkylation sites (N-methyl/N-ethyl adjacent to an activating group) is 1. The van der Waals surface area contributed by atoms with Gasteiger partial charge in [-0.05, 0) is 118 Å². The zero-order valence-electron chi connectivity index (χ0n) is 32.6. The van der Waals surface area contributed by atoms with Gasteiger partial charge in [0.15, 0.2) is 0 Å². The van der Waals surface area contributed by atoms with Crippen molar-refractivity contribution in [3.8, 4) is 5.75 Å². The third-order valence-electron chi connectivity index (χ3n) is 12.4. The van der Waals surface area contributed by atoms with Crippen LogP contribution in [0, 0.1) is 17.8 Å². The van der Waals surface area contributed by atoms with Gasteiger partial charge in [-0.3, -0.25) is 14.4 Å². The summed E-state index contributed by atoms with van der Waals surface area (Å²) in [6, 6.07) is 12.0. The molecule has 2 aromatic carbocycles. The average molecular weight is 769 g/mol. The van der Waals surface area contributed by atoms with E-state index in [1.54, 1.807) is 6.07 Å². The van der Waals surface area contributed by atoms with Crippen LogP contribution < -0.4 is 19.7 Å². The summed E-state index contributed by atoms with van der Waals surface area (Å²) in [6.45, 7) is 15.3. The molecule has 3 aliphatic heterocycles. The second kappa shape index (κ2) is 18.4. The van der Waals surface area contributed by atoms with E-state index in [0.29, 0.717) is 24.0 Å². The van der Waals surface area contributed by atoms with Crippen molar-refractivity contribution in [2.75, 3.05) is 84.6 Å². The molecule has 2 N–H and O–H groups in total. The number of anilines is 1. The molecule has 6 rings (SSSR count). The number of hydrogen-bond donors (Lipinski definition) is 2. The Balaban J connectivity index is 1.38. The number of carbonyl (C=O) groups excluding carboxylic acids is 1. The number of rotatable bonds is 6. The van der Waals surface area contributed by atoms with E-state index in [9.17, 15) is 9.00 Å². The van der Waals surface area contributed by atoms with Crippen molar-refractivity contribution >= 4 is 34.2 Å². The summed E-state index contributed by atoms with van der Waals surface area (Å²) in [6.07, 6.45) is 10.7. The van der Waals surface area contributed by atoms with Gasteiger partial charge >= 0.3 is 0 Å². The first-order valence-electron chi connectivity index (χ1n) is 20.0. The normalized spacial score (nSPS) is 31.7. The highest BCUT2D eigenvalue weighted by Gasteiger charge is 2.48. The maximum Gasteiger partial charge on any atom is 0.263 e. The minimum Gasteiger partial charge on any atom is -0.491 e. The molecule has 2 fully saturated rings. The van der Waals surface area contributed by atoms with E-state index >= 15 is 0 Å². The Hall–Kier alpha value is -2.47. The van der Waals surface area contributed by atoms with Crippen LogP contribution in [0.2, 0.25) is 5.02 Å². The van der Waals surface area contributed by atoms with E-state index in [2.05, 4.69) is 69.9 Å². The number of nitrogens with zero attached hydrogens (tertiary/aromatic N) is 3. The first kappa shape index (κ1) is 40.2. The van der Waals surface area contributed by atoms with Gasteiger partial charge < -0.3 is 24.6 Å². The summed E-state index contributed by atoms with van der Waals surface area (Å²) >= 11 is 6.51. The van der Waals surface area contributed by atoms with Crippen LogP contribution in [-0.4, -0.2) is 110 Å². The van der Waals surface area contributed by atoms with Crippen molar-refractivity contribution in [3.63, 3.8) is 0 Å². The molecule has 1 amide bonds. The Morgan fingerprint density at radius 1 is 1.06 bits per heavy atom. The molecule has 53 heavy (non-hydrogen) atoms. The highest BCUT2D eigenvalue weighted by molar-refractivity contribution is 7.84. The number of ether oxygens (including phenoxy) is 2. The molecule has 0 aromatic heterocycles. The SMILES string of the molecule is CCCc1cc(Cl)ccc1C1COc2ccc3cc2N(C1)CC1CCC1C(CN1CCCN(C)CCNCC1)(OC)/C=C/CC(C)C(C)S(=O)NC3=O. The Morgan fingerprint density at radius 3 is 2.66 bits per heavy atom. The second-order valence-electron chi connectivity index (χ2n) is 16.0. The molecule has 7 unspecified atom stereocenters. The molecule has 2 bridgehead atoms. The lowest BCUT2D eigenvalue weighted by Gasteiger charge is -2.51. The highest BCUT2D eigenvalue weighted by Crippen LogP contribution is 2.47. The van der Waals surface area contributed by atoms with E-state index in [0.717, 1.165) is 114 Å². The first-order valence-corrected chi connectivity index (χ1v) is 21.6. The molecule has 4 aliphatic rings. The number of amides is 1. The van der Waals surface area contributed by atoms with Gasteiger partial charge in [-0.1, -0.05) is 50.1 Å². The summed E-state index contributed by atoms with van der Waals surface area (Å²) in [5.41, 5.74) is 3.48. The molecule has 7 atom stereocenters. The molecule has 3 heterocycles. The van der Waals surface area contributed by atoms with Crippen LogP contribution in [0.3, 0.4) is 0 Å². The second-order valence-corrected chi connectivity index (χ2v) is 18.0. The molecular formula is C42H62ClN5O4S. The lowest BCUT2D eigenvalue weighted by atomic mass is 9.63. The molecule has 11 heteroatoms. The van der Waals surface area contributed by atoms with Crippen molar-refractivity contribution in [2.24, 2.45) is 17.8 Å². The number of carbonyl (C=O) groups is 1. The van der Waals surface area contributed by atoms with Gasteiger partial charge in [0.2, 0.25) is 0 Å². The van der Waals surface area contributed by atoms with E-state index < -0.39 is 16.6 Å². The van der Waals surface area contributed by atoms with E-state index in [4.69, 9.17) is 21.1 Å². The summed E-state index contributed by atoms with van der Waals surface area (Å²) in [4.78, 5) is 21.1. The number of nitrogens with one attached hydrogen (secondary N) is 2. The topological polar surface area (TPSA) is 86.4 Å². The fourth-order valence-electron chi connectivity index (χ4n) is 8.80. The first-order chi connectivity index (χ1) is 25.6. The molecule has 0 radical (unpaired) electrons. The van der Waals surface area contributed by atoms with Crippen LogP contribution in [0.15, 0.2) is 48.6 Å². The largest absolute Gasteiger partial charge is 0.491 e. The number of benzene rings is 2. The van der Waals surface area contributed by atoms with Crippen LogP contribution in [0.25, 0.3) is 0 Å². The van der Waals surface area contributed by atoms with Crippen molar-refractivity contribution in [3.05, 3.63) is 70.3 Å². The van der Waals surface area contributed by atoms with Crippen molar-refractivity contribution in [1.82, 2.24) is 19.8 Å². The summed E-state index contributed by atoms with van der Waals surface area (Å²) in [7, 11) is 2.56. The van der Waals surface area contributed by atoms with Crippen LogP contribution in [0.4, 0.5) is 5.69 Å². The predicted molar refractivity (Wildman–Crippen MR) is 218 cm³/mol. The van der Waals surface area contributed by atoms with Crippen molar-refractivity contribution in [1.29, 1.82) is 0 Å². The molecule has 2 aromatic rings. The average Bonchev–Trinajstić information content (AvgIpc) is 3.31. The van der Waals surface area contributed by atoms with E-state index in [1.807, 2.05) is 32.2 Å². The standard InChI is InChI=1S/C42H62ClN5O4S/c1-6-9-32-24-36(43)13-14-37(32)35-27-48-26-34-11-15-38(34)42(51-5,29-47-21-8-20-46(4)22-18-44-19-23-47)17-7-10-30(2)31(3)53(50)45-41(49)33-12-16-40(52-28-35)39(48)25-33/h7,12-14,16-17,24-25,30-31,34-35,38,44H,6,8-11,15,18-23,26-29H2,1-5H3,(H,45,49)/b17-7+. The molecular weight excluding hydrogens is 706 g/mol. The monoisotopic (exact) mass is 767 g/mol. The van der Waals surface area contributed by atoms with E-state index in [-0.39, 0.29) is 23.0 Å². The minimum atomic E-state index is -1.55. The summed E-state index contributed by atoms with van der Waals surface area (Å²) < 4.78 is 29.7. The van der Waals surface area contributed by atoms with Gasteiger partial charge in [0, 0.05) is 69.4 Å². The van der Waals surface area contributed by atoms with Gasteiger partial charge in [0.1, 0.15) is 22.3 Å². The molecule has 0 spiro atoms. The summed E-state index contributed by atoms with van der Waals surface area (Å²) in [5, 5.41) is 4.18. The van der Waals surface area contributed by atoms with Gasteiger partial charge in [0.25, 0.3) is 5.91 Å². The van der Waals surface area contributed by atoms with Gasteiger partial charge in [-0.15, -0.1) is 0 Å². The smallest absolute Gasteiger partial charge is 0.263 e.